The van der Waals surface area contributed by atoms with E-state index in [1.807, 2.05) is 0 Å². The Morgan fingerprint density at radius 3 is 2.33 bits per heavy atom. The summed E-state index contributed by atoms with van der Waals surface area (Å²) in [5.41, 5.74) is -1.33. The topological polar surface area (TPSA) is 83.5 Å². The second-order valence-electron chi connectivity index (χ2n) is 15.4. The van der Waals surface area contributed by atoms with Crippen molar-refractivity contribution in [1.82, 2.24) is 4.72 Å². The third-order valence-corrected chi connectivity index (χ3v) is 14.3. The number of hydrogen-bond acceptors (Lipinski definition) is 4. The van der Waals surface area contributed by atoms with Crippen LogP contribution in [-0.2, 0) is 21.0 Å². The fraction of sp³-hybridized carbons (Fsp3) is 0.794. The van der Waals surface area contributed by atoms with Gasteiger partial charge in [-0.3, -0.25) is 4.79 Å². The molecule has 5 nitrogen and oxygen atoms in total. The van der Waals surface area contributed by atoms with Gasteiger partial charge in [-0.25, -0.2) is 21.9 Å². The van der Waals surface area contributed by atoms with E-state index in [0.717, 1.165) is 51.4 Å². The molecule has 1 aromatic carbocycles. The van der Waals surface area contributed by atoms with E-state index in [1.165, 1.54) is 12.8 Å². The largest absolute Gasteiger partial charge is 0.416 e. The van der Waals surface area contributed by atoms with Gasteiger partial charge >= 0.3 is 6.18 Å². The van der Waals surface area contributed by atoms with Crippen LogP contribution >= 0.6 is 0 Å². The van der Waals surface area contributed by atoms with Gasteiger partial charge in [-0.1, -0.05) is 34.1 Å². The average Bonchev–Trinajstić information content (AvgIpc) is 3.14. The van der Waals surface area contributed by atoms with Crippen molar-refractivity contribution in [3.8, 4) is 0 Å². The summed E-state index contributed by atoms with van der Waals surface area (Å²) in [6.45, 7) is 9.25. The zero-order valence-electron chi connectivity index (χ0n) is 26.7. The quantitative estimate of drug-likeness (QED) is 0.289. The van der Waals surface area contributed by atoms with Crippen LogP contribution in [0, 0.1) is 63.9 Å². The summed E-state index contributed by atoms with van der Waals surface area (Å²) in [6, 6.07) is -0.184. The number of rotatable bonds is 7. The predicted molar refractivity (Wildman–Crippen MR) is 160 cm³/mol. The lowest BCUT2D eigenvalue weighted by molar-refractivity contribution is -0.138. The molecule has 2 bridgehead atoms. The molecule has 4 saturated carbocycles. The standard InChI is InChI=1S/C34H48F5NO4S/c1-5-20-15-24-26(32(3)12-10-23(41)14-21(20)18-32)11-13-33(4)25(7-8-27(24)33)19(2)6-9-30(42)40-45(43,44)31-28(35)16-22(17-29(31)36)34(37,38)39/h16-17,19-21,23-27,41H,5-15,18H2,1-4H3,(H,40,42)/t19-,20+,21+,23-,24?,25-,26?,27?,32+,33-/m1/s1. The zero-order chi connectivity index (χ0) is 33.1. The molecule has 10 atom stereocenters. The molecular formula is C34H48F5NO4S. The zero-order valence-corrected chi connectivity index (χ0v) is 27.5. The summed E-state index contributed by atoms with van der Waals surface area (Å²) in [5.74, 6) is -1.33. The Kier molecular flexibility index (Phi) is 9.50. The molecule has 11 heteroatoms. The molecule has 4 aliphatic carbocycles. The number of carbonyl (C=O) groups is 1. The van der Waals surface area contributed by atoms with Crippen molar-refractivity contribution in [3.05, 3.63) is 29.3 Å². The Morgan fingerprint density at radius 1 is 1.04 bits per heavy atom. The summed E-state index contributed by atoms with van der Waals surface area (Å²) in [6.07, 6.45) is 5.72. The number of carbonyl (C=O) groups excluding carboxylic acids is 1. The number of nitrogens with one attached hydrogen (secondary N) is 1. The first-order valence-electron chi connectivity index (χ1n) is 16.7. The smallest absolute Gasteiger partial charge is 0.393 e. The van der Waals surface area contributed by atoms with Crippen LogP contribution in [0.5, 0.6) is 0 Å². The second-order valence-corrected chi connectivity index (χ2v) is 17.0. The van der Waals surface area contributed by atoms with Gasteiger partial charge in [0.25, 0.3) is 10.0 Å². The molecule has 2 N–H and O–H groups in total. The van der Waals surface area contributed by atoms with Crippen molar-refractivity contribution in [2.45, 2.75) is 122 Å². The number of halogens is 5. The Balaban J connectivity index is 1.26. The molecule has 0 aromatic heterocycles. The highest BCUT2D eigenvalue weighted by Gasteiger charge is 2.59. The highest BCUT2D eigenvalue weighted by atomic mass is 32.2. The minimum atomic E-state index is -5.06. The Hall–Kier alpha value is -1.75. The molecule has 1 amide bonds. The maximum absolute atomic E-state index is 14.3. The summed E-state index contributed by atoms with van der Waals surface area (Å²) in [7, 11) is -5.06. The van der Waals surface area contributed by atoms with Crippen LogP contribution in [0.4, 0.5) is 22.0 Å². The highest BCUT2D eigenvalue weighted by Crippen LogP contribution is 2.67. The van der Waals surface area contributed by atoms with Gasteiger partial charge < -0.3 is 5.11 Å². The first-order valence-corrected chi connectivity index (χ1v) is 18.2. The fourth-order valence-electron chi connectivity index (χ4n) is 10.7. The lowest BCUT2D eigenvalue weighted by Gasteiger charge is -2.54. The molecule has 0 radical (unpaired) electrons. The van der Waals surface area contributed by atoms with Crippen LogP contribution in [0.2, 0.25) is 0 Å². The number of benzene rings is 1. The number of aliphatic hydroxyl groups is 1. The van der Waals surface area contributed by atoms with E-state index in [0.29, 0.717) is 41.9 Å². The van der Waals surface area contributed by atoms with Crippen molar-refractivity contribution >= 4 is 15.9 Å². The third kappa shape index (κ3) is 6.55. The summed E-state index contributed by atoms with van der Waals surface area (Å²) >= 11 is 0. The first kappa shape index (κ1) is 34.6. The van der Waals surface area contributed by atoms with Crippen molar-refractivity contribution in [1.29, 1.82) is 0 Å². The molecule has 5 rings (SSSR count). The summed E-state index contributed by atoms with van der Waals surface area (Å²) in [5, 5.41) is 10.7. The maximum Gasteiger partial charge on any atom is 0.416 e. The van der Waals surface area contributed by atoms with Gasteiger partial charge in [-0.05, 0) is 129 Å². The second kappa shape index (κ2) is 12.4. The monoisotopic (exact) mass is 661 g/mol. The summed E-state index contributed by atoms with van der Waals surface area (Å²) < 4.78 is 94.3. The lowest BCUT2D eigenvalue weighted by atomic mass is 9.51. The normalized spacial score (nSPS) is 37.6. The van der Waals surface area contributed by atoms with Crippen LogP contribution in [-0.4, -0.2) is 25.5 Å². The molecule has 0 saturated heterocycles. The van der Waals surface area contributed by atoms with E-state index >= 15 is 0 Å². The number of hydrogen-bond donors (Lipinski definition) is 2. The van der Waals surface area contributed by atoms with Gasteiger partial charge in [0, 0.05) is 6.42 Å². The molecule has 3 unspecified atom stereocenters. The fourth-order valence-corrected chi connectivity index (χ4v) is 11.9. The summed E-state index contributed by atoms with van der Waals surface area (Å²) in [4.78, 5) is 11.1. The van der Waals surface area contributed by atoms with E-state index in [4.69, 9.17) is 0 Å². The van der Waals surface area contributed by atoms with Crippen molar-refractivity contribution in [2.75, 3.05) is 0 Å². The van der Waals surface area contributed by atoms with Gasteiger partial charge in [0.2, 0.25) is 5.91 Å². The molecule has 0 heterocycles. The molecule has 4 aliphatic rings. The van der Waals surface area contributed by atoms with Crippen LogP contribution in [0.1, 0.15) is 110 Å². The van der Waals surface area contributed by atoms with Gasteiger partial charge in [0.15, 0.2) is 4.90 Å². The van der Waals surface area contributed by atoms with Gasteiger partial charge in [-0.2, -0.15) is 13.2 Å². The number of alkyl halides is 3. The molecular weight excluding hydrogens is 613 g/mol. The molecule has 45 heavy (non-hydrogen) atoms. The maximum atomic E-state index is 14.3. The van der Waals surface area contributed by atoms with Crippen molar-refractivity contribution in [2.24, 2.45) is 52.3 Å². The first-order chi connectivity index (χ1) is 20.9. The van der Waals surface area contributed by atoms with E-state index in [1.54, 1.807) is 4.72 Å². The van der Waals surface area contributed by atoms with Crippen LogP contribution < -0.4 is 4.72 Å². The Labute approximate surface area is 264 Å². The predicted octanol–water partition coefficient (Wildman–Crippen LogP) is 8.25. The molecule has 0 spiro atoms. The molecule has 1 aromatic rings. The van der Waals surface area contributed by atoms with Gasteiger partial charge in [0.1, 0.15) is 11.6 Å². The number of aliphatic hydroxyl groups excluding tert-OH is 1. The minimum absolute atomic E-state index is 0.0920. The van der Waals surface area contributed by atoms with E-state index in [2.05, 4.69) is 27.7 Å². The molecule has 254 valence electrons. The number of amides is 1. The molecule has 0 aliphatic heterocycles. The van der Waals surface area contributed by atoms with Crippen LogP contribution in [0.15, 0.2) is 17.0 Å². The van der Waals surface area contributed by atoms with E-state index in [-0.39, 0.29) is 41.4 Å². The molecule has 4 fully saturated rings. The van der Waals surface area contributed by atoms with Crippen molar-refractivity contribution in [3.63, 3.8) is 0 Å². The van der Waals surface area contributed by atoms with Crippen molar-refractivity contribution < 1.29 is 40.3 Å². The van der Waals surface area contributed by atoms with Gasteiger partial charge in [0.05, 0.1) is 11.7 Å². The Bertz CT molecular complexity index is 1360. The van der Waals surface area contributed by atoms with E-state index < -0.39 is 44.2 Å². The highest BCUT2D eigenvalue weighted by molar-refractivity contribution is 7.90. The number of fused-ring (bicyclic) bond motifs is 6. The lowest BCUT2D eigenvalue weighted by Crippen LogP contribution is -2.47. The van der Waals surface area contributed by atoms with Gasteiger partial charge in [-0.15, -0.1) is 0 Å². The Morgan fingerprint density at radius 2 is 1.71 bits per heavy atom. The SMILES string of the molecule is CC[C@H]1CC2C(CC[C@@]3(C)C2CC[C@@H]3[C@H](C)CCC(=O)NS(=O)(=O)c2c(F)cc(C(F)(F)F)cc2F)[C@@]2(C)CC[C@@H](O)C[C@H]1C2. The van der Waals surface area contributed by atoms with Crippen LogP contribution in [0.3, 0.4) is 0 Å². The average molecular weight is 662 g/mol. The third-order valence-electron chi connectivity index (χ3n) is 12.9. The minimum Gasteiger partial charge on any atom is -0.393 e. The number of sulfonamides is 1. The van der Waals surface area contributed by atoms with Crippen LogP contribution in [0.25, 0.3) is 0 Å². The van der Waals surface area contributed by atoms with E-state index in [9.17, 15) is 40.3 Å².